The summed E-state index contributed by atoms with van der Waals surface area (Å²) in [6.45, 7) is 4.29. The van der Waals surface area contributed by atoms with Crippen molar-refractivity contribution in [2.24, 2.45) is 0 Å². The third-order valence-electron chi connectivity index (χ3n) is 13.6. The number of fused-ring (bicyclic) bond motifs is 9. The normalized spacial score (nSPS) is 12.6. The van der Waals surface area contributed by atoms with Crippen LogP contribution in [0.5, 0.6) is 0 Å². The minimum Gasteiger partial charge on any atom is -0.310 e. The second kappa shape index (κ2) is 15.6. The number of nitrogens with zero attached hydrogens (tertiary/aromatic N) is 2. The van der Waals surface area contributed by atoms with Crippen LogP contribution in [0.15, 0.2) is 243 Å². The lowest BCUT2D eigenvalue weighted by molar-refractivity contribution is 0.777. The van der Waals surface area contributed by atoms with Crippen LogP contribution in [0.4, 0.5) is 34.1 Å². The highest BCUT2D eigenvalue weighted by Crippen LogP contribution is 2.61. The summed E-state index contributed by atoms with van der Waals surface area (Å²) in [5.41, 5.74) is 16.3. The van der Waals surface area contributed by atoms with Crippen LogP contribution in [0.2, 0.25) is 0 Å². The van der Waals surface area contributed by atoms with Crippen molar-refractivity contribution in [3.63, 3.8) is 0 Å². The molecule has 12 rings (SSSR count). The predicted octanol–water partition coefficient (Wildman–Crippen LogP) is 17.1. The van der Waals surface area contributed by atoms with Crippen LogP contribution in [0.3, 0.4) is 0 Å². The number of rotatable bonds is 8. The first-order valence-corrected chi connectivity index (χ1v) is 22.6. The molecule has 0 radical (unpaired) electrons. The fourth-order valence-electron chi connectivity index (χ4n) is 10.6. The van der Waals surface area contributed by atoms with E-state index in [4.69, 9.17) is 0 Å². The summed E-state index contributed by atoms with van der Waals surface area (Å²) >= 11 is 0. The zero-order valence-electron chi connectivity index (χ0n) is 36.5. The van der Waals surface area contributed by atoms with Gasteiger partial charge in [-0.15, -0.1) is 0 Å². The molecule has 11 aromatic carbocycles. The van der Waals surface area contributed by atoms with E-state index in [1.165, 1.54) is 76.8 Å². The van der Waals surface area contributed by atoms with Crippen molar-refractivity contribution in [1.29, 1.82) is 0 Å². The average Bonchev–Trinajstić information content (AvgIpc) is 3.66. The van der Waals surface area contributed by atoms with Crippen molar-refractivity contribution in [1.82, 2.24) is 0 Å². The summed E-state index contributed by atoms with van der Waals surface area (Å²) in [5, 5.41) is 7.40. The van der Waals surface area contributed by atoms with E-state index in [1.54, 1.807) is 0 Å². The zero-order valence-corrected chi connectivity index (χ0v) is 36.5. The fourth-order valence-corrected chi connectivity index (χ4v) is 10.6. The Balaban J connectivity index is 1.17. The van der Waals surface area contributed by atoms with Gasteiger partial charge in [-0.2, -0.15) is 0 Å². The molecule has 0 fully saturated rings. The molecule has 0 N–H and O–H groups in total. The summed E-state index contributed by atoms with van der Waals surface area (Å²) in [6.07, 6.45) is 0. The van der Waals surface area contributed by atoms with E-state index in [2.05, 4.69) is 266 Å². The maximum Gasteiger partial charge on any atom is 0.0720 e. The lowest BCUT2D eigenvalue weighted by Gasteiger charge is -2.35. The first-order valence-electron chi connectivity index (χ1n) is 22.6. The maximum atomic E-state index is 2.51. The number of hydrogen-bond acceptors (Lipinski definition) is 2. The van der Waals surface area contributed by atoms with E-state index in [-0.39, 0.29) is 0 Å². The van der Waals surface area contributed by atoms with Gasteiger partial charge in [-0.1, -0.05) is 169 Å². The number of aryl methyl sites for hydroxylation is 2. The smallest absolute Gasteiger partial charge is 0.0720 e. The molecular formula is C63H46N2. The van der Waals surface area contributed by atoms with Crippen molar-refractivity contribution in [2.45, 2.75) is 19.3 Å². The van der Waals surface area contributed by atoms with Crippen molar-refractivity contribution in [2.75, 3.05) is 9.80 Å². The van der Waals surface area contributed by atoms with Gasteiger partial charge >= 0.3 is 0 Å². The first kappa shape index (κ1) is 38.5. The highest BCUT2D eigenvalue weighted by atomic mass is 15.1. The van der Waals surface area contributed by atoms with E-state index in [0.717, 1.165) is 34.1 Å². The molecule has 1 aliphatic carbocycles. The Kier molecular flexibility index (Phi) is 9.21. The van der Waals surface area contributed by atoms with Gasteiger partial charge in [0.2, 0.25) is 0 Å². The van der Waals surface area contributed by atoms with Crippen molar-refractivity contribution >= 4 is 66.4 Å². The van der Waals surface area contributed by atoms with Crippen LogP contribution in [0.1, 0.15) is 33.4 Å². The number of para-hydroxylation sites is 2. The molecule has 0 aliphatic heterocycles. The number of anilines is 6. The van der Waals surface area contributed by atoms with Crippen molar-refractivity contribution in [3.8, 4) is 11.1 Å². The Labute approximate surface area is 380 Å². The topological polar surface area (TPSA) is 6.48 Å². The molecule has 0 saturated heterocycles. The first-order chi connectivity index (χ1) is 32.1. The highest BCUT2D eigenvalue weighted by molar-refractivity contribution is 6.20. The van der Waals surface area contributed by atoms with Gasteiger partial charge in [-0.3, -0.25) is 0 Å². The van der Waals surface area contributed by atoms with E-state index in [9.17, 15) is 0 Å². The van der Waals surface area contributed by atoms with Crippen LogP contribution in [0.25, 0.3) is 43.4 Å². The van der Waals surface area contributed by atoms with Gasteiger partial charge in [-0.25, -0.2) is 0 Å². The van der Waals surface area contributed by atoms with Gasteiger partial charge in [0.25, 0.3) is 0 Å². The second-order valence-electron chi connectivity index (χ2n) is 17.4. The summed E-state index contributed by atoms with van der Waals surface area (Å²) in [5.74, 6) is 0. The lowest BCUT2D eigenvalue weighted by atomic mass is 9.66. The molecule has 0 unspecified atom stereocenters. The summed E-state index contributed by atoms with van der Waals surface area (Å²) < 4.78 is 0. The number of hydrogen-bond donors (Lipinski definition) is 0. The Hall–Kier alpha value is -8.20. The third-order valence-corrected chi connectivity index (χ3v) is 13.6. The van der Waals surface area contributed by atoms with Crippen LogP contribution >= 0.6 is 0 Å². The fraction of sp³-hybridized carbons (Fsp3) is 0.0476. The minimum absolute atomic E-state index is 0.632. The van der Waals surface area contributed by atoms with E-state index in [0.29, 0.717) is 0 Å². The Bertz CT molecular complexity index is 3490. The Morgan fingerprint density at radius 2 is 0.754 bits per heavy atom. The SMILES string of the molecule is Cc1ccc(N(c2ccccc2)c2ccc3cc4c(cc3c2)C(c2ccccc2)(c2ccccc2)c2c-4c3ccccc3c3cc(N(c4ccccc4)c4ccc(C)cc4)ccc23)cc1. The maximum absolute atomic E-state index is 2.51. The van der Waals surface area contributed by atoms with Gasteiger partial charge in [0, 0.05) is 34.1 Å². The van der Waals surface area contributed by atoms with Crippen LogP contribution < -0.4 is 9.80 Å². The van der Waals surface area contributed by atoms with Gasteiger partial charge in [0.05, 0.1) is 5.41 Å². The van der Waals surface area contributed by atoms with Gasteiger partial charge in [0.1, 0.15) is 0 Å². The van der Waals surface area contributed by atoms with Crippen molar-refractivity contribution < 1.29 is 0 Å². The molecule has 308 valence electrons. The molecule has 0 saturated carbocycles. The predicted molar refractivity (Wildman–Crippen MR) is 275 cm³/mol. The molecular weight excluding hydrogens is 785 g/mol. The van der Waals surface area contributed by atoms with Crippen LogP contribution in [-0.4, -0.2) is 0 Å². The summed E-state index contributed by atoms with van der Waals surface area (Å²) in [7, 11) is 0. The standard InChI is InChI=1S/C63H46N2/c1-43-27-32-51(33-28-43)64(49-21-11-5-12-22-49)53-36-31-45-40-59-60(41-46(45)39-53)63(47-17-7-3-8-18-47,48-19-9-4-10-20-48)62-57-38-37-54(42-58(57)55-25-15-16-26-56(55)61(59)62)65(50-23-13-6-14-24-50)52-34-29-44(2)30-35-52/h3-42H,1-2H3. The largest absolute Gasteiger partial charge is 0.310 e. The molecule has 2 nitrogen and oxygen atoms in total. The average molecular weight is 831 g/mol. The quantitative estimate of drug-likeness (QED) is 0.141. The van der Waals surface area contributed by atoms with Crippen molar-refractivity contribution in [3.05, 3.63) is 276 Å². The van der Waals surface area contributed by atoms with Crippen LogP contribution in [0, 0.1) is 13.8 Å². The molecule has 0 bridgehead atoms. The summed E-state index contributed by atoms with van der Waals surface area (Å²) in [6, 6.07) is 89.8. The second-order valence-corrected chi connectivity index (χ2v) is 17.4. The molecule has 0 heterocycles. The Morgan fingerprint density at radius 1 is 0.308 bits per heavy atom. The molecule has 0 atom stereocenters. The molecule has 1 aliphatic rings. The van der Waals surface area contributed by atoms with Crippen LogP contribution in [-0.2, 0) is 5.41 Å². The highest BCUT2D eigenvalue weighted by Gasteiger charge is 2.48. The molecule has 11 aromatic rings. The Morgan fingerprint density at radius 3 is 1.31 bits per heavy atom. The number of benzene rings is 11. The van der Waals surface area contributed by atoms with E-state index < -0.39 is 5.41 Å². The lowest BCUT2D eigenvalue weighted by Crippen LogP contribution is -2.29. The molecule has 0 spiro atoms. The summed E-state index contributed by atoms with van der Waals surface area (Å²) in [4.78, 5) is 4.76. The minimum atomic E-state index is -0.632. The molecule has 65 heavy (non-hydrogen) atoms. The van der Waals surface area contributed by atoms with Gasteiger partial charge in [-0.05, 0) is 164 Å². The zero-order chi connectivity index (χ0) is 43.5. The van der Waals surface area contributed by atoms with E-state index >= 15 is 0 Å². The molecule has 2 heteroatoms. The third kappa shape index (κ3) is 6.25. The van der Waals surface area contributed by atoms with E-state index in [1.807, 2.05) is 0 Å². The monoisotopic (exact) mass is 830 g/mol. The van der Waals surface area contributed by atoms with Gasteiger partial charge < -0.3 is 9.80 Å². The molecule has 0 amide bonds. The molecule has 0 aromatic heterocycles. The van der Waals surface area contributed by atoms with Gasteiger partial charge in [0.15, 0.2) is 0 Å².